The largest absolute Gasteiger partial charge is 0.488 e. The lowest BCUT2D eigenvalue weighted by molar-refractivity contribution is -0.179. The van der Waals surface area contributed by atoms with E-state index in [1.807, 2.05) is 90.1 Å². The predicted octanol–water partition coefficient (Wildman–Crippen LogP) is 5.17. The summed E-state index contributed by atoms with van der Waals surface area (Å²) in [7, 11) is 0. The van der Waals surface area contributed by atoms with Gasteiger partial charge in [-0.25, -0.2) is 10.3 Å². The Morgan fingerprint density at radius 2 is 1.63 bits per heavy atom. The number of thiophene rings is 1. The highest BCUT2D eigenvalue weighted by molar-refractivity contribution is 7.17. The Morgan fingerprint density at radius 3 is 2.26 bits per heavy atom. The summed E-state index contributed by atoms with van der Waals surface area (Å²) in [6.07, 6.45) is -0.482. The number of fused-ring (bicyclic) bond motifs is 1. The number of amides is 4. The molecule has 2 aromatic carbocycles. The Balaban J connectivity index is 1.94. The van der Waals surface area contributed by atoms with Gasteiger partial charge >= 0.3 is 6.03 Å². The molecule has 3 rings (SSSR count). The molecule has 0 aliphatic carbocycles. The van der Waals surface area contributed by atoms with Gasteiger partial charge in [-0.1, -0.05) is 30.3 Å². The van der Waals surface area contributed by atoms with Crippen LogP contribution in [0.3, 0.4) is 0 Å². The van der Waals surface area contributed by atoms with Gasteiger partial charge in [-0.15, -0.1) is 11.3 Å². The molecule has 3 N–H and O–H groups in total. The topological polar surface area (TPSA) is 127 Å². The first kappa shape index (κ1) is 36.8. The van der Waals surface area contributed by atoms with Crippen LogP contribution in [0.1, 0.15) is 59.6 Å². The van der Waals surface area contributed by atoms with E-state index >= 15 is 0 Å². The second-order valence-electron chi connectivity index (χ2n) is 11.7. The maximum Gasteiger partial charge on any atom is 0.338 e. The Labute approximate surface area is 275 Å². The molecule has 0 saturated heterocycles. The second kappa shape index (κ2) is 17.8. The van der Waals surface area contributed by atoms with E-state index in [4.69, 9.17) is 19.0 Å². The molecule has 11 nitrogen and oxygen atoms in total. The van der Waals surface area contributed by atoms with E-state index in [0.29, 0.717) is 25.5 Å². The van der Waals surface area contributed by atoms with Gasteiger partial charge in [0.15, 0.2) is 12.9 Å². The molecule has 0 unspecified atom stereocenters. The summed E-state index contributed by atoms with van der Waals surface area (Å²) in [6, 6.07) is 13.5. The quantitative estimate of drug-likeness (QED) is 0.135. The SMILES string of the molecule is CCNC(=O)NOCC(=O)N[C@@H](Cc1ccc(OC(C)(C)C)cc1)C(=O)N(Cc1csc2ccccc12)[C@@H](C)C(OCC)OCC. The lowest BCUT2D eigenvalue weighted by atomic mass is 10.0. The Bertz CT molecular complexity index is 1400. The first-order valence-electron chi connectivity index (χ1n) is 15.7. The fourth-order valence-electron chi connectivity index (χ4n) is 4.85. The molecule has 0 saturated carbocycles. The Kier molecular flexibility index (Phi) is 14.3. The second-order valence-corrected chi connectivity index (χ2v) is 12.6. The molecule has 0 aliphatic heterocycles. The zero-order valence-electron chi connectivity index (χ0n) is 27.9. The standard InChI is InChI=1S/C34H48N4O7S/c1-8-35-33(41)37-44-21-30(39)36-28(19-24-15-17-26(18-16-24)45-34(5,6)7)31(40)38(23(4)32(42-9-2)43-10-3)20-25-22-46-29-14-12-11-13-27(25)29/h11-18,22-23,28,32H,8-10,19-21H2,1-7H3,(H,36,39)(H2,35,37,41)/t23-,28-/m0/s1. The van der Waals surface area contributed by atoms with Crippen LogP contribution in [0, 0.1) is 0 Å². The highest BCUT2D eigenvalue weighted by Gasteiger charge is 2.34. The van der Waals surface area contributed by atoms with Crippen LogP contribution >= 0.6 is 11.3 Å². The zero-order chi connectivity index (χ0) is 33.7. The molecular weight excluding hydrogens is 608 g/mol. The van der Waals surface area contributed by atoms with Crippen molar-refractivity contribution in [2.24, 2.45) is 0 Å². The van der Waals surface area contributed by atoms with Crippen LogP contribution in [0.5, 0.6) is 5.75 Å². The van der Waals surface area contributed by atoms with Crippen molar-refractivity contribution in [1.82, 2.24) is 21.0 Å². The van der Waals surface area contributed by atoms with Crippen molar-refractivity contribution >= 4 is 39.3 Å². The predicted molar refractivity (Wildman–Crippen MR) is 179 cm³/mol. The molecule has 3 aromatic rings. The minimum Gasteiger partial charge on any atom is -0.488 e. The summed E-state index contributed by atoms with van der Waals surface area (Å²) in [5.41, 5.74) is 3.61. The van der Waals surface area contributed by atoms with E-state index in [1.165, 1.54) is 0 Å². The van der Waals surface area contributed by atoms with E-state index in [2.05, 4.69) is 21.5 Å². The molecule has 12 heteroatoms. The van der Waals surface area contributed by atoms with Crippen molar-refractivity contribution in [1.29, 1.82) is 0 Å². The summed E-state index contributed by atoms with van der Waals surface area (Å²) in [5, 5.41) is 8.47. The van der Waals surface area contributed by atoms with Crippen molar-refractivity contribution < 1.29 is 33.4 Å². The van der Waals surface area contributed by atoms with E-state index < -0.39 is 36.9 Å². The van der Waals surface area contributed by atoms with Gasteiger partial charge in [0, 0.05) is 37.4 Å². The number of nitrogens with one attached hydrogen (secondary N) is 3. The zero-order valence-corrected chi connectivity index (χ0v) is 28.7. The van der Waals surface area contributed by atoms with Gasteiger partial charge in [0.2, 0.25) is 11.8 Å². The molecule has 46 heavy (non-hydrogen) atoms. The van der Waals surface area contributed by atoms with Crippen LogP contribution < -0.4 is 20.9 Å². The maximum absolute atomic E-state index is 14.6. The maximum atomic E-state index is 14.6. The number of hydrogen-bond donors (Lipinski definition) is 3. The van der Waals surface area contributed by atoms with Crippen molar-refractivity contribution in [3.8, 4) is 5.75 Å². The van der Waals surface area contributed by atoms with Gasteiger partial charge < -0.3 is 29.7 Å². The molecule has 0 aliphatic rings. The van der Waals surface area contributed by atoms with Gasteiger partial charge in [-0.3, -0.25) is 14.4 Å². The summed E-state index contributed by atoms with van der Waals surface area (Å²) in [4.78, 5) is 46.2. The van der Waals surface area contributed by atoms with Gasteiger partial charge in [0.1, 0.15) is 17.4 Å². The molecule has 0 radical (unpaired) electrons. The van der Waals surface area contributed by atoms with Gasteiger partial charge in [0.05, 0.1) is 6.04 Å². The van der Waals surface area contributed by atoms with E-state index in [9.17, 15) is 14.4 Å². The number of ether oxygens (including phenoxy) is 3. The first-order valence-corrected chi connectivity index (χ1v) is 16.5. The lowest BCUT2D eigenvalue weighted by Gasteiger charge is -2.36. The van der Waals surface area contributed by atoms with Crippen LogP contribution in [0.25, 0.3) is 10.1 Å². The third-order valence-electron chi connectivity index (χ3n) is 6.86. The normalized spacial score (nSPS) is 12.9. The summed E-state index contributed by atoms with van der Waals surface area (Å²) in [5.74, 6) is -0.182. The van der Waals surface area contributed by atoms with Crippen molar-refractivity contribution in [3.63, 3.8) is 0 Å². The van der Waals surface area contributed by atoms with Crippen LogP contribution in [0.15, 0.2) is 53.9 Å². The number of carbonyl (C=O) groups excluding carboxylic acids is 3. The fourth-order valence-corrected chi connectivity index (χ4v) is 5.80. The van der Waals surface area contributed by atoms with Crippen molar-refractivity contribution in [3.05, 3.63) is 65.0 Å². The number of urea groups is 1. The van der Waals surface area contributed by atoms with Gasteiger partial charge in [0.25, 0.3) is 0 Å². The Morgan fingerprint density at radius 1 is 0.957 bits per heavy atom. The van der Waals surface area contributed by atoms with Crippen LogP contribution in [-0.4, -0.2) is 73.1 Å². The molecule has 0 bridgehead atoms. The minimum absolute atomic E-state index is 0.200. The first-order chi connectivity index (χ1) is 21.9. The van der Waals surface area contributed by atoms with E-state index in [-0.39, 0.29) is 24.5 Å². The molecular formula is C34H48N4O7S. The average Bonchev–Trinajstić information content (AvgIpc) is 3.42. The smallest absolute Gasteiger partial charge is 0.338 e. The molecule has 2 atom stereocenters. The van der Waals surface area contributed by atoms with Crippen molar-refractivity contribution in [2.75, 3.05) is 26.4 Å². The molecule has 252 valence electrons. The number of hydrogen-bond acceptors (Lipinski definition) is 8. The number of nitrogens with zero attached hydrogens (tertiary/aromatic N) is 1. The summed E-state index contributed by atoms with van der Waals surface area (Å²) in [6.45, 7) is 14.3. The number of hydroxylamine groups is 1. The van der Waals surface area contributed by atoms with Crippen LogP contribution in [0.2, 0.25) is 0 Å². The number of rotatable bonds is 17. The highest BCUT2D eigenvalue weighted by Crippen LogP contribution is 2.28. The Hall–Kier alpha value is -3.71. The fraction of sp³-hybridized carbons (Fsp3) is 0.500. The minimum atomic E-state index is -0.966. The monoisotopic (exact) mass is 656 g/mol. The number of benzene rings is 2. The lowest BCUT2D eigenvalue weighted by Crippen LogP contribution is -2.55. The van der Waals surface area contributed by atoms with E-state index in [0.717, 1.165) is 21.2 Å². The van der Waals surface area contributed by atoms with Gasteiger partial charge in [-0.05, 0) is 88.6 Å². The number of carbonyl (C=O) groups is 3. The highest BCUT2D eigenvalue weighted by atomic mass is 32.1. The van der Waals surface area contributed by atoms with Crippen LogP contribution in [0.4, 0.5) is 4.79 Å². The molecule has 1 aromatic heterocycles. The molecule has 4 amide bonds. The third kappa shape index (κ3) is 11.3. The summed E-state index contributed by atoms with van der Waals surface area (Å²) >= 11 is 1.61. The third-order valence-corrected chi connectivity index (χ3v) is 7.87. The average molecular weight is 657 g/mol. The van der Waals surface area contributed by atoms with Gasteiger partial charge in [-0.2, -0.15) is 0 Å². The summed E-state index contributed by atoms with van der Waals surface area (Å²) < 4.78 is 18.9. The van der Waals surface area contributed by atoms with Crippen LogP contribution in [-0.2, 0) is 36.9 Å². The molecule has 0 fully saturated rings. The molecule has 0 spiro atoms. The van der Waals surface area contributed by atoms with E-state index in [1.54, 1.807) is 23.2 Å². The molecule has 1 heterocycles. The van der Waals surface area contributed by atoms with Crippen molar-refractivity contribution in [2.45, 2.75) is 85.4 Å².